The third-order valence-electron chi connectivity index (χ3n) is 7.94. The summed E-state index contributed by atoms with van der Waals surface area (Å²) in [5, 5.41) is 19.3. The number of hydrogen-bond acceptors (Lipinski definition) is 8. The van der Waals surface area contributed by atoms with E-state index in [0.29, 0.717) is 36.5 Å². The van der Waals surface area contributed by atoms with Crippen LogP contribution in [0.2, 0.25) is 0 Å². The van der Waals surface area contributed by atoms with E-state index in [0.717, 1.165) is 25.7 Å². The lowest BCUT2D eigenvalue weighted by atomic mass is 9.81. The Morgan fingerprint density at radius 2 is 1.74 bits per heavy atom. The number of aliphatic carboxylic acids is 1. The Morgan fingerprint density at radius 1 is 1.10 bits per heavy atom. The third kappa shape index (κ3) is 6.68. The minimum Gasteiger partial charge on any atom is -0.480 e. The number of allylic oxidation sites excluding steroid dienone is 1. The summed E-state index contributed by atoms with van der Waals surface area (Å²) in [5.74, 6) is 5.76. The number of aromatic nitrogens is 4. The zero-order chi connectivity index (χ0) is 28.5. The van der Waals surface area contributed by atoms with Crippen molar-refractivity contribution >= 4 is 33.5 Å². The van der Waals surface area contributed by atoms with E-state index in [1.165, 1.54) is 23.5 Å². The van der Waals surface area contributed by atoms with Crippen LogP contribution in [0.4, 0.5) is 0 Å². The molecule has 2 aliphatic carbocycles. The molecular formula is C27H39N5O5S2. The number of carboxylic acids is 1. The molecule has 1 amide bonds. The van der Waals surface area contributed by atoms with Crippen molar-refractivity contribution in [3.8, 4) is 11.8 Å². The van der Waals surface area contributed by atoms with Crippen LogP contribution in [0.15, 0.2) is 16.1 Å². The quantitative estimate of drug-likeness (QED) is 0.504. The monoisotopic (exact) mass is 577 g/mol. The van der Waals surface area contributed by atoms with Crippen LogP contribution < -0.4 is 0 Å². The highest BCUT2D eigenvalue weighted by Gasteiger charge is 2.46. The minimum absolute atomic E-state index is 0.0103. The zero-order valence-electron chi connectivity index (χ0n) is 23.3. The second kappa shape index (κ2) is 11.6. The predicted octanol–water partition coefficient (Wildman–Crippen LogP) is 3.45. The number of aryl methyl sites for hydroxylation is 1. The molecule has 2 atom stereocenters. The Kier molecular flexibility index (Phi) is 8.81. The molecule has 1 aliphatic heterocycles. The standard InChI is InChI=1S/C27H39N5O5S2/c1-17-6-8-18(9-7-17)24(33)32(22-16-20(14-15-27(2,3)4)38-23(22)25(34)35)19-10-12-21(13-11-19)39(36,37)26-28-29-30-31(26)5/h16-19,21-23H,6-13H2,1-5H3,(H,34,35). The molecule has 2 heterocycles. The molecule has 2 fully saturated rings. The molecule has 2 unspecified atom stereocenters. The lowest BCUT2D eigenvalue weighted by molar-refractivity contribution is -0.144. The van der Waals surface area contributed by atoms with Gasteiger partial charge in [-0.05, 0) is 94.6 Å². The summed E-state index contributed by atoms with van der Waals surface area (Å²) in [6.07, 6.45) is 7.01. The van der Waals surface area contributed by atoms with Crippen molar-refractivity contribution in [1.82, 2.24) is 25.1 Å². The van der Waals surface area contributed by atoms with Gasteiger partial charge >= 0.3 is 5.97 Å². The Labute approximate surface area is 235 Å². The number of nitrogens with zero attached hydrogens (tertiary/aromatic N) is 5. The summed E-state index contributed by atoms with van der Waals surface area (Å²) in [4.78, 5) is 29.0. The summed E-state index contributed by atoms with van der Waals surface area (Å²) in [5.41, 5.74) is -0.241. The number of sulfone groups is 1. The van der Waals surface area contributed by atoms with Gasteiger partial charge in [-0.2, -0.15) is 0 Å². The fourth-order valence-corrected chi connectivity index (χ4v) is 8.56. The zero-order valence-corrected chi connectivity index (χ0v) is 25.0. The van der Waals surface area contributed by atoms with Crippen LogP contribution in [0, 0.1) is 29.1 Å². The molecule has 0 bridgehead atoms. The largest absolute Gasteiger partial charge is 0.480 e. The number of hydrogen-bond donors (Lipinski definition) is 1. The first-order valence-electron chi connectivity index (χ1n) is 13.7. The van der Waals surface area contributed by atoms with Gasteiger partial charge in [-0.15, -0.1) is 0 Å². The van der Waals surface area contributed by atoms with Crippen molar-refractivity contribution in [3.63, 3.8) is 0 Å². The van der Waals surface area contributed by atoms with Gasteiger partial charge in [0.25, 0.3) is 5.16 Å². The number of carbonyl (C=O) groups is 2. The number of carboxylic acid groups (broad SMARTS) is 1. The molecule has 1 aromatic heterocycles. The highest BCUT2D eigenvalue weighted by molar-refractivity contribution is 8.05. The number of amides is 1. The number of tetrazole rings is 1. The van der Waals surface area contributed by atoms with E-state index in [9.17, 15) is 23.1 Å². The lowest BCUT2D eigenvalue weighted by Crippen LogP contribution is -2.54. The Morgan fingerprint density at radius 3 is 2.28 bits per heavy atom. The summed E-state index contributed by atoms with van der Waals surface area (Å²) in [6.45, 7) is 8.19. The molecule has 2 saturated carbocycles. The fraction of sp³-hybridized carbons (Fsp3) is 0.741. The second-order valence-electron chi connectivity index (χ2n) is 12.2. The summed E-state index contributed by atoms with van der Waals surface area (Å²) < 4.78 is 27.6. The summed E-state index contributed by atoms with van der Waals surface area (Å²) >= 11 is 1.20. The van der Waals surface area contributed by atoms with Crippen molar-refractivity contribution in [2.24, 2.45) is 24.3 Å². The van der Waals surface area contributed by atoms with E-state index < -0.39 is 32.3 Å². The first kappa shape index (κ1) is 29.6. The van der Waals surface area contributed by atoms with Gasteiger partial charge in [0.15, 0.2) is 0 Å². The maximum absolute atomic E-state index is 14.1. The van der Waals surface area contributed by atoms with Gasteiger partial charge in [0.1, 0.15) is 5.25 Å². The Hall–Kier alpha value is -2.39. The van der Waals surface area contributed by atoms with E-state index in [1.54, 1.807) is 4.90 Å². The highest BCUT2D eigenvalue weighted by Crippen LogP contribution is 2.41. The fourth-order valence-electron chi connectivity index (χ4n) is 5.76. The van der Waals surface area contributed by atoms with Crippen LogP contribution in [0.25, 0.3) is 0 Å². The molecule has 0 radical (unpaired) electrons. The Balaban J connectivity index is 1.62. The average Bonchev–Trinajstić information content (AvgIpc) is 3.50. The average molecular weight is 578 g/mol. The highest BCUT2D eigenvalue weighted by atomic mass is 32.2. The van der Waals surface area contributed by atoms with Crippen molar-refractivity contribution in [2.45, 2.75) is 107 Å². The van der Waals surface area contributed by atoms with Crippen molar-refractivity contribution in [3.05, 3.63) is 11.0 Å². The lowest BCUT2D eigenvalue weighted by Gasteiger charge is -2.43. The first-order valence-corrected chi connectivity index (χ1v) is 16.1. The van der Waals surface area contributed by atoms with Gasteiger partial charge in [-0.1, -0.05) is 35.6 Å². The van der Waals surface area contributed by atoms with Gasteiger partial charge in [-0.25, -0.2) is 13.1 Å². The third-order valence-corrected chi connectivity index (χ3v) is 11.4. The minimum atomic E-state index is -3.72. The van der Waals surface area contributed by atoms with Crippen LogP contribution in [0.3, 0.4) is 0 Å². The van der Waals surface area contributed by atoms with Crippen LogP contribution in [0.1, 0.15) is 79.1 Å². The van der Waals surface area contributed by atoms with Gasteiger partial charge in [0.05, 0.1) is 16.2 Å². The number of rotatable bonds is 6. The molecule has 214 valence electrons. The van der Waals surface area contributed by atoms with Crippen molar-refractivity contribution < 1.29 is 23.1 Å². The van der Waals surface area contributed by atoms with E-state index in [2.05, 4.69) is 34.3 Å². The molecule has 12 heteroatoms. The van der Waals surface area contributed by atoms with Crippen LogP contribution in [0.5, 0.6) is 0 Å². The SMILES string of the molecule is CC1CCC(C(=O)N(C2CCC(S(=O)(=O)c3nnnn3C)CC2)C2C=C(C#CC(C)(C)C)SC2C(=O)O)CC1. The topological polar surface area (TPSA) is 135 Å². The molecule has 0 aromatic carbocycles. The summed E-state index contributed by atoms with van der Waals surface area (Å²) in [6, 6.07) is -0.885. The Bertz CT molecular complexity index is 1270. The smallest absolute Gasteiger partial charge is 0.319 e. The van der Waals surface area contributed by atoms with Gasteiger partial charge in [0.2, 0.25) is 15.7 Å². The molecule has 1 N–H and O–H groups in total. The molecular weight excluding hydrogens is 538 g/mol. The molecule has 4 rings (SSSR count). The van der Waals surface area contributed by atoms with Crippen LogP contribution in [-0.2, 0) is 26.5 Å². The van der Waals surface area contributed by atoms with E-state index >= 15 is 0 Å². The molecule has 3 aliphatic rings. The van der Waals surface area contributed by atoms with Crippen molar-refractivity contribution in [1.29, 1.82) is 0 Å². The molecule has 10 nitrogen and oxygen atoms in total. The van der Waals surface area contributed by atoms with Crippen LogP contribution in [-0.4, -0.2) is 73.1 Å². The molecule has 39 heavy (non-hydrogen) atoms. The molecule has 1 aromatic rings. The number of carbonyl (C=O) groups excluding carboxylic acids is 1. The molecule has 0 saturated heterocycles. The normalized spacial score (nSPS) is 29.7. The maximum atomic E-state index is 14.1. The molecule has 0 spiro atoms. The van der Waals surface area contributed by atoms with E-state index in [-0.39, 0.29) is 28.4 Å². The van der Waals surface area contributed by atoms with Gasteiger partial charge < -0.3 is 10.0 Å². The van der Waals surface area contributed by atoms with Gasteiger partial charge in [-0.3, -0.25) is 9.59 Å². The summed E-state index contributed by atoms with van der Waals surface area (Å²) in [7, 11) is -2.22. The van der Waals surface area contributed by atoms with Crippen LogP contribution >= 0.6 is 11.8 Å². The van der Waals surface area contributed by atoms with E-state index in [1.807, 2.05) is 26.8 Å². The van der Waals surface area contributed by atoms with E-state index in [4.69, 9.17) is 0 Å². The van der Waals surface area contributed by atoms with Gasteiger partial charge in [0, 0.05) is 24.4 Å². The second-order valence-corrected chi connectivity index (χ2v) is 15.5. The maximum Gasteiger partial charge on any atom is 0.319 e. The van der Waals surface area contributed by atoms with Crippen molar-refractivity contribution in [2.75, 3.05) is 0 Å². The predicted molar refractivity (Wildman–Crippen MR) is 148 cm³/mol. The first-order chi connectivity index (χ1) is 18.3. The number of thioether (sulfide) groups is 1.